The Morgan fingerprint density at radius 3 is 2.26 bits per heavy atom. The highest BCUT2D eigenvalue weighted by Crippen LogP contribution is 2.14. The van der Waals surface area contributed by atoms with E-state index in [1.54, 1.807) is 12.1 Å². The highest BCUT2D eigenvalue weighted by molar-refractivity contribution is 5.21. The Morgan fingerprint density at radius 2 is 1.63 bits per heavy atom. The van der Waals surface area contributed by atoms with Crippen molar-refractivity contribution < 1.29 is 13.2 Å². The Hall–Kier alpha value is -1.81. The average molecular weight is 265 g/mol. The fourth-order valence-electron chi connectivity index (χ4n) is 1.79. The van der Waals surface area contributed by atoms with Crippen LogP contribution >= 0.6 is 0 Å². The molecule has 0 radical (unpaired) electrons. The van der Waals surface area contributed by atoms with Crippen LogP contribution < -0.4 is 5.32 Å². The zero-order valence-corrected chi connectivity index (χ0v) is 10.5. The van der Waals surface area contributed by atoms with E-state index < -0.39 is 11.6 Å². The first kappa shape index (κ1) is 13.6. The SMILES string of the molecule is C[C@H](NCc1ccc(F)c(F)c1)c1ccc(F)cc1. The van der Waals surface area contributed by atoms with E-state index in [4.69, 9.17) is 0 Å². The summed E-state index contributed by atoms with van der Waals surface area (Å²) < 4.78 is 38.6. The Kier molecular flexibility index (Phi) is 4.22. The molecule has 0 bridgehead atoms. The normalized spacial score (nSPS) is 12.4. The van der Waals surface area contributed by atoms with Crippen LogP contribution in [-0.4, -0.2) is 0 Å². The van der Waals surface area contributed by atoms with E-state index in [2.05, 4.69) is 5.32 Å². The maximum absolute atomic E-state index is 13.0. The smallest absolute Gasteiger partial charge is 0.159 e. The lowest BCUT2D eigenvalue weighted by Gasteiger charge is -2.14. The van der Waals surface area contributed by atoms with E-state index in [0.717, 1.165) is 11.6 Å². The van der Waals surface area contributed by atoms with Crippen LogP contribution in [0.25, 0.3) is 0 Å². The van der Waals surface area contributed by atoms with Gasteiger partial charge in [-0.2, -0.15) is 0 Å². The Balaban J connectivity index is 1.98. The van der Waals surface area contributed by atoms with Crippen LogP contribution in [0.4, 0.5) is 13.2 Å². The molecular formula is C15H14F3N. The van der Waals surface area contributed by atoms with Gasteiger partial charge in [-0.3, -0.25) is 0 Å². The monoisotopic (exact) mass is 265 g/mol. The van der Waals surface area contributed by atoms with Gasteiger partial charge < -0.3 is 5.32 Å². The molecule has 2 aromatic rings. The maximum atomic E-state index is 13.0. The van der Waals surface area contributed by atoms with Gasteiger partial charge in [0.25, 0.3) is 0 Å². The van der Waals surface area contributed by atoms with Gasteiger partial charge in [0.15, 0.2) is 11.6 Å². The predicted octanol–water partition coefficient (Wildman–Crippen LogP) is 3.95. The number of hydrogen-bond donors (Lipinski definition) is 1. The molecule has 0 aliphatic carbocycles. The van der Waals surface area contributed by atoms with Gasteiger partial charge >= 0.3 is 0 Å². The van der Waals surface area contributed by atoms with Crippen molar-refractivity contribution >= 4 is 0 Å². The van der Waals surface area contributed by atoms with Crippen molar-refractivity contribution in [2.45, 2.75) is 19.5 Å². The fourth-order valence-corrected chi connectivity index (χ4v) is 1.79. The quantitative estimate of drug-likeness (QED) is 0.882. The molecule has 2 aromatic carbocycles. The summed E-state index contributed by atoms with van der Waals surface area (Å²) >= 11 is 0. The minimum Gasteiger partial charge on any atom is -0.306 e. The second-order valence-electron chi connectivity index (χ2n) is 4.40. The largest absolute Gasteiger partial charge is 0.306 e. The van der Waals surface area contributed by atoms with Gasteiger partial charge in [0.1, 0.15) is 5.82 Å². The van der Waals surface area contributed by atoms with Crippen LogP contribution in [0.5, 0.6) is 0 Å². The molecule has 2 rings (SSSR count). The summed E-state index contributed by atoms with van der Waals surface area (Å²) in [6, 6.07) is 9.97. The second-order valence-corrected chi connectivity index (χ2v) is 4.40. The van der Waals surface area contributed by atoms with E-state index >= 15 is 0 Å². The summed E-state index contributed by atoms with van der Waals surface area (Å²) in [5.74, 6) is -1.99. The molecule has 0 fully saturated rings. The highest BCUT2D eigenvalue weighted by Gasteiger charge is 2.06. The van der Waals surface area contributed by atoms with E-state index in [0.29, 0.717) is 12.1 Å². The highest BCUT2D eigenvalue weighted by atomic mass is 19.2. The molecule has 0 unspecified atom stereocenters. The van der Waals surface area contributed by atoms with Gasteiger partial charge in [-0.05, 0) is 42.3 Å². The molecule has 19 heavy (non-hydrogen) atoms. The molecule has 4 heteroatoms. The number of benzene rings is 2. The van der Waals surface area contributed by atoms with Crippen molar-refractivity contribution in [3.05, 3.63) is 71.0 Å². The Bertz CT molecular complexity index is 552. The van der Waals surface area contributed by atoms with Crippen molar-refractivity contribution in [3.8, 4) is 0 Å². The maximum Gasteiger partial charge on any atom is 0.159 e. The van der Waals surface area contributed by atoms with Crippen LogP contribution in [0.15, 0.2) is 42.5 Å². The molecule has 0 heterocycles. The minimum atomic E-state index is -0.853. The molecule has 0 amide bonds. The first-order chi connectivity index (χ1) is 9.06. The Morgan fingerprint density at radius 1 is 0.947 bits per heavy atom. The number of hydrogen-bond acceptors (Lipinski definition) is 1. The van der Waals surface area contributed by atoms with E-state index in [1.807, 2.05) is 6.92 Å². The average Bonchev–Trinajstić information content (AvgIpc) is 2.40. The number of rotatable bonds is 4. The fraction of sp³-hybridized carbons (Fsp3) is 0.200. The standard InChI is InChI=1S/C15H14F3N/c1-10(12-3-5-13(16)6-4-12)19-9-11-2-7-14(17)15(18)8-11/h2-8,10,19H,9H2,1H3/t10-/m0/s1. The molecule has 0 spiro atoms. The zero-order valence-electron chi connectivity index (χ0n) is 10.5. The lowest BCUT2D eigenvalue weighted by molar-refractivity contribution is 0.504. The topological polar surface area (TPSA) is 12.0 Å². The van der Waals surface area contributed by atoms with Crippen molar-refractivity contribution in [1.29, 1.82) is 0 Å². The summed E-state index contributed by atoms with van der Waals surface area (Å²) in [6.07, 6.45) is 0. The minimum absolute atomic E-state index is 0.00582. The van der Waals surface area contributed by atoms with Crippen LogP contribution in [0.2, 0.25) is 0 Å². The van der Waals surface area contributed by atoms with Gasteiger partial charge in [-0.25, -0.2) is 13.2 Å². The first-order valence-electron chi connectivity index (χ1n) is 5.99. The molecular weight excluding hydrogens is 251 g/mol. The van der Waals surface area contributed by atoms with Gasteiger partial charge in [0.05, 0.1) is 0 Å². The molecule has 0 saturated carbocycles. The summed E-state index contributed by atoms with van der Waals surface area (Å²) in [5.41, 5.74) is 1.59. The van der Waals surface area contributed by atoms with Crippen molar-refractivity contribution in [1.82, 2.24) is 5.32 Å². The van der Waals surface area contributed by atoms with Crippen molar-refractivity contribution in [2.75, 3.05) is 0 Å². The van der Waals surface area contributed by atoms with Crippen LogP contribution in [-0.2, 0) is 6.54 Å². The summed E-state index contributed by atoms with van der Waals surface area (Å²) in [5, 5.41) is 3.17. The first-order valence-corrected chi connectivity index (χ1v) is 5.99. The molecule has 0 saturated heterocycles. The molecule has 100 valence electrons. The summed E-state index contributed by atoms with van der Waals surface area (Å²) in [6.45, 7) is 2.34. The molecule has 0 aliphatic heterocycles. The van der Waals surface area contributed by atoms with Crippen LogP contribution in [0, 0.1) is 17.5 Å². The third-order valence-corrected chi connectivity index (χ3v) is 2.97. The predicted molar refractivity (Wildman–Crippen MR) is 68.0 cm³/mol. The van der Waals surface area contributed by atoms with Crippen molar-refractivity contribution in [2.24, 2.45) is 0 Å². The third kappa shape index (κ3) is 3.58. The molecule has 0 aliphatic rings. The van der Waals surface area contributed by atoms with E-state index in [1.165, 1.54) is 24.3 Å². The summed E-state index contributed by atoms with van der Waals surface area (Å²) in [4.78, 5) is 0. The van der Waals surface area contributed by atoms with E-state index in [9.17, 15) is 13.2 Å². The van der Waals surface area contributed by atoms with E-state index in [-0.39, 0.29) is 11.9 Å². The lowest BCUT2D eigenvalue weighted by Crippen LogP contribution is -2.18. The van der Waals surface area contributed by atoms with Gasteiger partial charge in [0, 0.05) is 12.6 Å². The number of halogens is 3. The second kappa shape index (κ2) is 5.89. The van der Waals surface area contributed by atoms with Gasteiger partial charge in [0.2, 0.25) is 0 Å². The molecule has 1 atom stereocenters. The van der Waals surface area contributed by atoms with Crippen LogP contribution in [0.3, 0.4) is 0 Å². The molecule has 0 aromatic heterocycles. The van der Waals surface area contributed by atoms with Crippen LogP contribution in [0.1, 0.15) is 24.1 Å². The van der Waals surface area contributed by atoms with Crippen molar-refractivity contribution in [3.63, 3.8) is 0 Å². The zero-order chi connectivity index (χ0) is 13.8. The molecule has 1 nitrogen and oxygen atoms in total. The number of nitrogens with one attached hydrogen (secondary N) is 1. The summed E-state index contributed by atoms with van der Waals surface area (Å²) in [7, 11) is 0. The van der Waals surface area contributed by atoms with Gasteiger partial charge in [-0.1, -0.05) is 18.2 Å². The molecule has 1 N–H and O–H groups in total. The Labute approximate surface area is 110 Å². The lowest BCUT2D eigenvalue weighted by atomic mass is 10.1. The van der Waals surface area contributed by atoms with Gasteiger partial charge in [-0.15, -0.1) is 0 Å². The third-order valence-electron chi connectivity index (χ3n) is 2.97.